The highest BCUT2D eigenvalue weighted by molar-refractivity contribution is 6.29. The summed E-state index contributed by atoms with van der Waals surface area (Å²) in [6, 6.07) is 3.49. The number of nitrogens with zero attached hydrogens (tertiary/aromatic N) is 2. The van der Waals surface area contributed by atoms with Gasteiger partial charge in [-0.25, -0.2) is 9.97 Å². The molecule has 66 valence electrons. The summed E-state index contributed by atoms with van der Waals surface area (Å²) in [5.41, 5.74) is 1.00. The van der Waals surface area contributed by atoms with Crippen LogP contribution in [0.25, 0.3) is 11.6 Å². The van der Waals surface area contributed by atoms with Crippen molar-refractivity contribution in [1.29, 1.82) is 0 Å². The Morgan fingerprint density at radius 1 is 1.38 bits per heavy atom. The first-order valence-corrected chi connectivity index (χ1v) is 4.18. The molecule has 0 fully saturated rings. The average Bonchev–Trinajstić information content (AvgIpc) is 2.51. The van der Waals surface area contributed by atoms with Crippen LogP contribution >= 0.6 is 11.6 Å². The quantitative estimate of drug-likeness (QED) is 0.656. The Morgan fingerprint density at radius 2 is 2.23 bits per heavy atom. The van der Waals surface area contributed by atoms with E-state index in [1.807, 2.05) is 13.0 Å². The van der Waals surface area contributed by atoms with Gasteiger partial charge in [-0.15, -0.1) is 0 Å². The predicted molar refractivity (Wildman–Crippen MR) is 49.5 cm³/mol. The maximum absolute atomic E-state index is 5.72. The van der Waals surface area contributed by atoms with Crippen molar-refractivity contribution in [2.24, 2.45) is 0 Å². The number of halogens is 1. The molecule has 0 bridgehead atoms. The van der Waals surface area contributed by atoms with Crippen LogP contribution in [-0.2, 0) is 0 Å². The van der Waals surface area contributed by atoms with Gasteiger partial charge < -0.3 is 4.42 Å². The zero-order valence-electron chi connectivity index (χ0n) is 6.99. The largest absolute Gasteiger partial charge is 0.461 e. The topological polar surface area (TPSA) is 38.9 Å². The second kappa shape index (κ2) is 3.18. The monoisotopic (exact) mass is 194 g/mol. The Bertz CT molecular complexity index is 425. The van der Waals surface area contributed by atoms with Crippen molar-refractivity contribution < 1.29 is 4.42 Å². The maximum Gasteiger partial charge on any atom is 0.197 e. The molecule has 0 atom stereocenters. The standard InChI is InChI=1S/C9H7ClN2O/c1-6-3-5-13-8(6)9-11-4-2-7(10)12-9/h2-5H,1H3. The molecule has 0 aliphatic heterocycles. The summed E-state index contributed by atoms with van der Waals surface area (Å²) in [4.78, 5) is 8.09. The molecule has 2 heterocycles. The fraction of sp³-hybridized carbons (Fsp3) is 0.111. The lowest BCUT2D eigenvalue weighted by atomic mass is 10.3. The van der Waals surface area contributed by atoms with E-state index in [2.05, 4.69) is 9.97 Å². The Morgan fingerprint density at radius 3 is 2.85 bits per heavy atom. The normalized spacial score (nSPS) is 10.3. The molecule has 0 aromatic carbocycles. The van der Waals surface area contributed by atoms with Gasteiger partial charge in [0.05, 0.1) is 6.26 Å². The van der Waals surface area contributed by atoms with Gasteiger partial charge in [0.1, 0.15) is 5.15 Å². The number of furan rings is 1. The molecule has 2 aromatic rings. The molecule has 0 saturated heterocycles. The summed E-state index contributed by atoms with van der Waals surface area (Å²) in [5, 5.41) is 0.417. The Balaban J connectivity index is 2.53. The van der Waals surface area contributed by atoms with Gasteiger partial charge in [-0.05, 0) is 24.6 Å². The summed E-state index contributed by atoms with van der Waals surface area (Å²) in [6.45, 7) is 1.93. The van der Waals surface area contributed by atoms with Gasteiger partial charge in [-0.1, -0.05) is 11.6 Å². The van der Waals surface area contributed by atoms with Crippen molar-refractivity contribution in [3.05, 3.63) is 35.3 Å². The van der Waals surface area contributed by atoms with Gasteiger partial charge >= 0.3 is 0 Å². The van der Waals surface area contributed by atoms with Crippen molar-refractivity contribution in [2.75, 3.05) is 0 Å². The molecule has 2 aromatic heterocycles. The first kappa shape index (κ1) is 8.26. The van der Waals surface area contributed by atoms with Crippen LogP contribution in [0.2, 0.25) is 5.15 Å². The maximum atomic E-state index is 5.72. The highest BCUT2D eigenvalue weighted by atomic mass is 35.5. The summed E-state index contributed by atoms with van der Waals surface area (Å²) in [5.74, 6) is 1.19. The minimum atomic E-state index is 0.417. The molecular formula is C9H7ClN2O. The summed E-state index contributed by atoms with van der Waals surface area (Å²) in [6.07, 6.45) is 3.21. The molecule has 0 spiro atoms. The second-order valence-electron chi connectivity index (χ2n) is 2.64. The second-order valence-corrected chi connectivity index (χ2v) is 3.02. The molecule has 0 N–H and O–H groups in total. The highest BCUT2D eigenvalue weighted by Gasteiger charge is 2.07. The van der Waals surface area contributed by atoms with Crippen LogP contribution < -0.4 is 0 Å². The molecular weight excluding hydrogens is 188 g/mol. The molecule has 0 aliphatic carbocycles. The lowest BCUT2D eigenvalue weighted by Gasteiger charge is -1.96. The molecule has 0 amide bonds. The van der Waals surface area contributed by atoms with Crippen LogP contribution in [0.5, 0.6) is 0 Å². The van der Waals surface area contributed by atoms with E-state index in [-0.39, 0.29) is 0 Å². The molecule has 0 radical (unpaired) electrons. The lowest BCUT2D eigenvalue weighted by molar-refractivity contribution is 0.575. The van der Waals surface area contributed by atoms with Crippen molar-refractivity contribution in [2.45, 2.75) is 6.92 Å². The summed E-state index contributed by atoms with van der Waals surface area (Å²) >= 11 is 5.72. The number of hydrogen-bond acceptors (Lipinski definition) is 3. The van der Waals surface area contributed by atoms with E-state index in [9.17, 15) is 0 Å². The number of rotatable bonds is 1. The van der Waals surface area contributed by atoms with Crippen molar-refractivity contribution >= 4 is 11.6 Å². The van der Waals surface area contributed by atoms with Gasteiger partial charge in [0.2, 0.25) is 0 Å². The number of aryl methyl sites for hydroxylation is 1. The molecule has 4 heteroatoms. The highest BCUT2D eigenvalue weighted by Crippen LogP contribution is 2.20. The fourth-order valence-corrected chi connectivity index (χ4v) is 1.18. The molecule has 2 rings (SSSR count). The third-order valence-corrected chi connectivity index (χ3v) is 1.90. The first-order chi connectivity index (χ1) is 6.27. The van der Waals surface area contributed by atoms with Crippen molar-refractivity contribution in [3.63, 3.8) is 0 Å². The molecule has 0 aliphatic rings. The van der Waals surface area contributed by atoms with Gasteiger partial charge in [0, 0.05) is 6.20 Å². The van der Waals surface area contributed by atoms with E-state index in [1.165, 1.54) is 0 Å². The third kappa shape index (κ3) is 1.55. The fourth-order valence-electron chi connectivity index (χ4n) is 1.05. The van der Waals surface area contributed by atoms with Gasteiger partial charge in [0.25, 0.3) is 0 Å². The lowest BCUT2D eigenvalue weighted by Crippen LogP contribution is -1.87. The minimum absolute atomic E-state index is 0.417. The minimum Gasteiger partial charge on any atom is -0.461 e. The van der Waals surface area contributed by atoms with Crippen LogP contribution in [0.3, 0.4) is 0 Å². The first-order valence-electron chi connectivity index (χ1n) is 3.80. The number of hydrogen-bond donors (Lipinski definition) is 0. The third-order valence-electron chi connectivity index (χ3n) is 1.69. The zero-order valence-corrected chi connectivity index (χ0v) is 7.75. The average molecular weight is 195 g/mol. The predicted octanol–water partition coefficient (Wildman–Crippen LogP) is 2.70. The van der Waals surface area contributed by atoms with Gasteiger partial charge in [-0.3, -0.25) is 0 Å². The van der Waals surface area contributed by atoms with E-state index >= 15 is 0 Å². The summed E-state index contributed by atoms with van der Waals surface area (Å²) in [7, 11) is 0. The van der Waals surface area contributed by atoms with Crippen LogP contribution in [0.15, 0.2) is 29.0 Å². The molecule has 3 nitrogen and oxygen atoms in total. The SMILES string of the molecule is Cc1ccoc1-c1nccc(Cl)n1. The van der Waals surface area contributed by atoms with Crippen LogP contribution in [0, 0.1) is 6.92 Å². The van der Waals surface area contributed by atoms with Crippen molar-refractivity contribution in [1.82, 2.24) is 9.97 Å². The van der Waals surface area contributed by atoms with Gasteiger partial charge in [0.15, 0.2) is 11.6 Å². The van der Waals surface area contributed by atoms with E-state index in [1.54, 1.807) is 18.5 Å². The van der Waals surface area contributed by atoms with Gasteiger partial charge in [-0.2, -0.15) is 0 Å². The molecule has 0 unspecified atom stereocenters. The van der Waals surface area contributed by atoms with Crippen molar-refractivity contribution in [3.8, 4) is 11.6 Å². The van der Waals surface area contributed by atoms with Crippen LogP contribution in [0.4, 0.5) is 0 Å². The zero-order chi connectivity index (χ0) is 9.26. The van der Waals surface area contributed by atoms with Crippen LogP contribution in [-0.4, -0.2) is 9.97 Å². The van der Waals surface area contributed by atoms with E-state index < -0.39 is 0 Å². The van der Waals surface area contributed by atoms with E-state index in [4.69, 9.17) is 16.0 Å². The van der Waals surface area contributed by atoms with E-state index in [0.29, 0.717) is 16.7 Å². The number of aromatic nitrogens is 2. The Labute approximate surface area is 80.4 Å². The Kier molecular flexibility index (Phi) is 2.02. The molecule has 0 saturated carbocycles. The molecule has 13 heavy (non-hydrogen) atoms. The van der Waals surface area contributed by atoms with Crippen LogP contribution in [0.1, 0.15) is 5.56 Å². The summed E-state index contributed by atoms with van der Waals surface area (Å²) < 4.78 is 5.22. The Hall–Kier alpha value is -1.35. The van der Waals surface area contributed by atoms with E-state index in [0.717, 1.165) is 5.56 Å². The smallest absolute Gasteiger partial charge is 0.197 e.